The highest BCUT2D eigenvalue weighted by atomic mass is 32.2. The Hall–Kier alpha value is -2.79. The van der Waals surface area contributed by atoms with E-state index in [1.54, 1.807) is 18.2 Å². The highest BCUT2D eigenvalue weighted by Crippen LogP contribution is 2.31. The van der Waals surface area contributed by atoms with Gasteiger partial charge in [-0.1, -0.05) is 31.5 Å². The SMILES string of the molecule is CCCc1cc(Oc2ccccc2)ccc1S(=O)(=O)c1ccc(O)cc1. The van der Waals surface area contributed by atoms with Gasteiger partial charge in [-0.3, -0.25) is 0 Å². The number of aryl methyl sites for hydroxylation is 1. The van der Waals surface area contributed by atoms with Crippen molar-refractivity contribution in [3.63, 3.8) is 0 Å². The van der Waals surface area contributed by atoms with Crippen LogP contribution < -0.4 is 4.74 Å². The standard InChI is InChI=1S/C21H20O4S/c1-2-6-16-15-19(25-18-7-4-3-5-8-18)11-14-21(16)26(23,24)20-12-9-17(22)10-13-20/h3-5,7-15,22H,2,6H2,1H3. The lowest BCUT2D eigenvalue weighted by Crippen LogP contribution is -2.06. The molecule has 5 heteroatoms. The first-order chi connectivity index (χ1) is 12.5. The van der Waals surface area contributed by atoms with Gasteiger partial charge in [0.2, 0.25) is 9.84 Å². The number of phenolic OH excluding ortho intramolecular Hbond substituents is 1. The topological polar surface area (TPSA) is 63.6 Å². The molecule has 0 aromatic heterocycles. The average Bonchev–Trinajstić information content (AvgIpc) is 2.63. The summed E-state index contributed by atoms with van der Waals surface area (Å²) in [6.45, 7) is 2.00. The third kappa shape index (κ3) is 3.89. The Morgan fingerprint density at radius 1 is 0.885 bits per heavy atom. The second-order valence-corrected chi connectivity index (χ2v) is 7.85. The van der Waals surface area contributed by atoms with Crippen molar-refractivity contribution in [2.24, 2.45) is 0 Å². The Kier molecular flexibility index (Phi) is 5.28. The van der Waals surface area contributed by atoms with E-state index < -0.39 is 9.84 Å². The molecule has 0 saturated carbocycles. The molecule has 0 radical (unpaired) electrons. The van der Waals surface area contributed by atoms with Gasteiger partial charge in [0.05, 0.1) is 9.79 Å². The number of para-hydroxylation sites is 1. The molecule has 0 fully saturated rings. The summed E-state index contributed by atoms with van der Waals surface area (Å²) in [5.74, 6) is 1.33. The molecule has 0 atom stereocenters. The largest absolute Gasteiger partial charge is 0.508 e. The van der Waals surface area contributed by atoms with E-state index in [0.717, 1.165) is 6.42 Å². The van der Waals surface area contributed by atoms with Crippen LogP contribution >= 0.6 is 0 Å². The Morgan fingerprint density at radius 2 is 1.58 bits per heavy atom. The van der Waals surface area contributed by atoms with E-state index in [9.17, 15) is 13.5 Å². The molecule has 3 aromatic carbocycles. The predicted molar refractivity (Wildman–Crippen MR) is 101 cm³/mol. The summed E-state index contributed by atoms with van der Waals surface area (Å²) in [5, 5.41) is 9.40. The van der Waals surface area contributed by atoms with Crippen molar-refractivity contribution in [1.82, 2.24) is 0 Å². The number of ether oxygens (including phenoxy) is 1. The van der Waals surface area contributed by atoms with Crippen molar-refractivity contribution in [2.45, 2.75) is 29.6 Å². The van der Waals surface area contributed by atoms with E-state index in [-0.39, 0.29) is 15.5 Å². The van der Waals surface area contributed by atoms with E-state index in [0.29, 0.717) is 23.5 Å². The number of sulfone groups is 1. The van der Waals surface area contributed by atoms with Crippen molar-refractivity contribution < 1.29 is 18.3 Å². The van der Waals surface area contributed by atoms with Gasteiger partial charge in [-0.25, -0.2) is 8.42 Å². The lowest BCUT2D eigenvalue weighted by atomic mass is 10.1. The first kappa shape index (κ1) is 18.0. The molecule has 0 aliphatic carbocycles. The van der Waals surface area contributed by atoms with Gasteiger partial charge in [-0.05, 0) is 66.6 Å². The summed E-state index contributed by atoms with van der Waals surface area (Å²) in [5.41, 5.74) is 0.717. The van der Waals surface area contributed by atoms with Crippen molar-refractivity contribution in [2.75, 3.05) is 0 Å². The van der Waals surface area contributed by atoms with Gasteiger partial charge in [0, 0.05) is 0 Å². The number of rotatable bonds is 6. The number of hydrogen-bond donors (Lipinski definition) is 1. The second kappa shape index (κ2) is 7.62. The number of benzene rings is 3. The molecule has 3 rings (SSSR count). The van der Waals surface area contributed by atoms with Crippen LogP contribution in [-0.4, -0.2) is 13.5 Å². The molecule has 1 N–H and O–H groups in total. The predicted octanol–water partition coefficient (Wildman–Crippen LogP) is 4.97. The van der Waals surface area contributed by atoms with Crippen LogP contribution in [0, 0.1) is 0 Å². The highest BCUT2D eigenvalue weighted by Gasteiger charge is 2.21. The third-order valence-electron chi connectivity index (χ3n) is 3.97. The molecule has 134 valence electrons. The molecule has 0 bridgehead atoms. The Morgan fingerprint density at radius 3 is 2.23 bits per heavy atom. The lowest BCUT2D eigenvalue weighted by Gasteiger charge is -2.13. The molecule has 26 heavy (non-hydrogen) atoms. The summed E-state index contributed by atoms with van der Waals surface area (Å²) in [4.78, 5) is 0.426. The van der Waals surface area contributed by atoms with Crippen LogP contribution in [-0.2, 0) is 16.3 Å². The molecule has 0 aliphatic rings. The fraction of sp³-hybridized carbons (Fsp3) is 0.143. The molecule has 4 nitrogen and oxygen atoms in total. The molecule has 0 saturated heterocycles. The second-order valence-electron chi connectivity index (χ2n) is 5.93. The maximum Gasteiger partial charge on any atom is 0.206 e. The fourth-order valence-corrected chi connectivity index (χ4v) is 4.22. The zero-order valence-electron chi connectivity index (χ0n) is 14.4. The van der Waals surface area contributed by atoms with Crippen LogP contribution in [0.15, 0.2) is 82.6 Å². The summed E-state index contributed by atoms with van der Waals surface area (Å²) >= 11 is 0. The molecular formula is C21H20O4S. The minimum Gasteiger partial charge on any atom is -0.508 e. The number of phenols is 1. The van der Waals surface area contributed by atoms with Gasteiger partial charge in [0.25, 0.3) is 0 Å². The van der Waals surface area contributed by atoms with Gasteiger partial charge in [0.15, 0.2) is 0 Å². The van der Waals surface area contributed by atoms with E-state index in [1.165, 1.54) is 24.3 Å². The third-order valence-corrected chi connectivity index (χ3v) is 5.84. The van der Waals surface area contributed by atoms with Gasteiger partial charge in [-0.2, -0.15) is 0 Å². The Labute approximate surface area is 153 Å². The maximum atomic E-state index is 13.0. The first-order valence-corrected chi connectivity index (χ1v) is 9.89. The number of aromatic hydroxyl groups is 1. The Bertz CT molecular complexity index is 978. The van der Waals surface area contributed by atoms with E-state index in [2.05, 4.69) is 0 Å². The smallest absolute Gasteiger partial charge is 0.206 e. The van der Waals surface area contributed by atoms with Gasteiger partial charge >= 0.3 is 0 Å². The number of hydrogen-bond acceptors (Lipinski definition) is 4. The maximum absolute atomic E-state index is 13.0. The molecular weight excluding hydrogens is 348 g/mol. The van der Waals surface area contributed by atoms with E-state index in [1.807, 2.05) is 37.3 Å². The molecule has 0 amide bonds. The minimum absolute atomic E-state index is 0.0318. The van der Waals surface area contributed by atoms with Crippen LogP contribution in [0.25, 0.3) is 0 Å². The van der Waals surface area contributed by atoms with Crippen LogP contribution in [0.4, 0.5) is 0 Å². The quantitative estimate of drug-likeness (QED) is 0.667. The van der Waals surface area contributed by atoms with Gasteiger partial charge < -0.3 is 9.84 Å². The van der Waals surface area contributed by atoms with Crippen molar-refractivity contribution in [3.8, 4) is 17.2 Å². The molecule has 3 aromatic rings. The van der Waals surface area contributed by atoms with Crippen LogP contribution in [0.2, 0.25) is 0 Å². The normalized spacial score (nSPS) is 11.3. The summed E-state index contributed by atoms with van der Waals surface area (Å²) in [7, 11) is -3.66. The lowest BCUT2D eigenvalue weighted by molar-refractivity contribution is 0.475. The first-order valence-electron chi connectivity index (χ1n) is 8.40. The summed E-state index contributed by atoms with van der Waals surface area (Å²) in [6, 6.07) is 20.0. The van der Waals surface area contributed by atoms with Crippen molar-refractivity contribution >= 4 is 9.84 Å². The average molecular weight is 368 g/mol. The van der Waals surface area contributed by atoms with Crippen LogP contribution in [0.5, 0.6) is 17.2 Å². The molecule has 0 unspecified atom stereocenters. The van der Waals surface area contributed by atoms with Crippen molar-refractivity contribution in [1.29, 1.82) is 0 Å². The van der Waals surface area contributed by atoms with Gasteiger partial charge in [0.1, 0.15) is 17.2 Å². The zero-order chi connectivity index (χ0) is 18.6. The van der Waals surface area contributed by atoms with Gasteiger partial charge in [-0.15, -0.1) is 0 Å². The molecule has 0 aliphatic heterocycles. The molecule has 0 spiro atoms. The van der Waals surface area contributed by atoms with E-state index >= 15 is 0 Å². The van der Waals surface area contributed by atoms with E-state index in [4.69, 9.17) is 4.74 Å². The van der Waals surface area contributed by atoms with Crippen LogP contribution in [0.1, 0.15) is 18.9 Å². The monoisotopic (exact) mass is 368 g/mol. The Balaban J connectivity index is 2.00. The van der Waals surface area contributed by atoms with Crippen LogP contribution in [0.3, 0.4) is 0 Å². The highest BCUT2D eigenvalue weighted by molar-refractivity contribution is 7.91. The minimum atomic E-state index is -3.66. The fourth-order valence-electron chi connectivity index (χ4n) is 2.72. The summed E-state index contributed by atoms with van der Waals surface area (Å²) < 4.78 is 31.8. The zero-order valence-corrected chi connectivity index (χ0v) is 15.2. The summed E-state index contributed by atoms with van der Waals surface area (Å²) in [6.07, 6.45) is 1.44. The molecule has 0 heterocycles. The van der Waals surface area contributed by atoms with Crippen molar-refractivity contribution in [3.05, 3.63) is 78.4 Å².